The summed E-state index contributed by atoms with van der Waals surface area (Å²) in [6, 6.07) is 8.28. The lowest BCUT2D eigenvalue weighted by molar-refractivity contribution is -0.139. The third-order valence-electron chi connectivity index (χ3n) is 5.00. The van der Waals surface area contributed by atoms with Crippen molar-refractivity contribution in [3.63, 3.8) is 0 Å². The molecular formula is C23H22ClNO7. The van der Waals surface area contributed by atoms with Crippen molar-refractivity contribution < 1.29 is 28.2 Å². The molecule has 168 valence electrons. The monoisotopic (exact) mass is 459 g/mol. The summed E-state index contributed by atoms with van der Waals surface area (Å²) in [7, 11) is 2.76. The number of amides is 1. The Balaban J connectivity index is 1.78. The maximum Gasteiger partial charge on any atom is 0.340 e. The van der Waals surface area contributed by atoms with Crippen molar-refractivity contribution in [3.05, 3.63) is 62.5 Å². The number of rotatable bonds is 7. The van der Waals surface area contributed by atoms with Crippen molar-refractivity contribution in [3.8, 4) is 11.5 Å². The van der Waals surface area contributed by atoms with Crippen molar-refractivity contribution in [1.29, 1.82) is 0 Å². The van der Waals surface area contributed by atoms with Crippen LogP contribution in [0.4, 0.5) is 5.69 Å². The van der Waals surface area contributed by atoms with Gasteiger partial charge in [-0.3, -0.25) is 9.59 Å². The van der Waals surface area contributed by atoms with Crippen LogP contribution in [0, 0.1) is 13.8 Å². The van der Waals surface area contributed by atoms with Gasteiger partial charge in [0.2, 0.25) is 0 Å². The minimum Gasteiger partial charge on any atom is -0.495 e. The van der Waals surface area contributed by atoms with Gasteiger partial charge >= 0.3 is 11.6 Å². The molecule has 32 heavy (non-hydrogen) atoms. The summed E-state index contributed by atoms with van der Waals surface area (Å²) in [6.07, 6.45) is -0.173. The molecule has 1 N–H and O–H groups in total. The Kier molecular flexibility index (Phi) is 7.05. The van der Waals surface area contributed by atoms with E-state index >= 15 is 0 Å². The summed E-state index contributed by atoms with van der Waals surface area (Å²) in [4.78, 5) is 36.3. The normalized spacial score (nSPS) is 10.7. The highest BCUT2D eigenvalue weighted by Crippen LogP contribution is 2.30. The number of carbonyl (C=O) groups is 2. The van der Waals surface area contributed by atoms with Gasteiger partial charge < -0.3 is 23.9 Å². The van der Waals surface area contributed by atoms with Gasteiger partial charge in [0.05, 0.1) is 31.2 Å². The summed E-state index contributed by atoms with van der Waals surface area (Å²) in [5.74, 6) is -0.0275. The van der Waals surface area contributed by atoms with Crippen LogP contribution in [0.25, 0.3) is 11.0 Å². The van der Waals surface area contributed by atoms with Gasteiger partial charge in [-0.25, -0.2) is 4.79 Å². The fraction of sp³-hybridized carbons (Fsp3) is 0.261. The molecule has 0 unspecified atom stereocenters. The molecule has 0 spiro atoms. The molecule has 0 aliphatic heterocycles. The molecule has 1 aromatic heterocycles. The minimum absolute atomic E-state index is 0.173. The largest absolute Gasteiger partial charge is 0.495 e. The highest BCUT2D eigenvalue weighted by Gasteiger charge is 2.18. The van der Waals surface area contributed by atoms with Crippen LogP contribution in [0.15, 0.2) is 39.5 Å². The average molecular weight is 460 g/mol. The predicted molar refractivity (Wildman–Crippen MR) is 120 cm³/mol. The third-order valence-corrected chi connectivity index (χ3v) is 5.29. The van der Waals surface area contributed by atoms with Crippen LogP contribution in [0.2, 0.25) is 5.02 Å². The zero-order valence-corrected chi connectivity index (χ0v) is 18.8. The second-order valence-electron chi connectivity index (χ2n) is 7.00. The highest BCUT2D eigenvalue weighted by atomic mass is 35.5. The number of nitrogens with one attached hydrogen (secondary N) is 1. The molecule has 8 nitrogen and oxygen atoms in total. The lowest BCUT2D eigenvalue weighted by Crippen LogP contribution is -2.20. The van der Waals surface area contributed by atoms with E-state index in [0.717, 1.165) is 0 Å². The van der Waals surface area contributed by atoms with Crippen molar-refractivity contribution in [2.24, 2.45) is 0 Å². The smallest absolute Gasteiger partial charge is 0.340 e. The zero-order valence-electron chi connectivity index (χ0n) is 18.0. The number of carbonyl (C=O) groups excluding carboxylic acids is 2. The Hall–Kier alpha value is -3.52. The molecule has 0 saturated heterocycles. The molecule has 1 heterocycles. The lowest BCUT2D eigenvalue weighted by atomic mass is 10.0. The first-order valence-electron chi connectivity index (χ1n) is 9.64. The summed E-state index contributed by atoms with van der Waals surface area (Å²) in [6.45, 7) is 3.20. The third kappa shape index (κ3) is 4.86. The number of methoxy groups -OCH3 is 2. The Morgan fingerprint density at radius 2 is 1.78 bits per heavy atom. The van der Waals surface area contributed by atoms with Gasteiger partial charge in [0.1, 0.15) is 17.1 Å². The van der Waals surface area contributed by atoms with Gasteiger partial charge in [-0.1, -0.05) is 11.6 Å². The van der Waals surface area contributed by atoms with Crippen molar-refractivity contribution in [1.82, 2.24) is 0 Å². The number of ether oxygens (including phenoxy) is 3. The van der Waals surface area contributed by atoms with E-state index in [-0.39, 0.29) is 18.6 Å². The van der Waals surface area contributed by atoms with E-state index in [0.29, 0.717) is 44.3 Å². The molecule has 2 aromatic carbocycles. The molecule has 0 radical (unpaired) electrons. The number of benzene rings is 2. The topological polar surface area (TPSA) is 104 Å². The summed E-state index contributed by atoms with van der Waals surface area (Å²) in [5.41, 5.74) is 1.66. The zero-order chi connectivity index (χ0) is 23.4. The van der Waals surface area contributed by atoms with Crippen LogP contribution in [0.1, 0.15) is 16.7 Å². The first-order chi connectivity index (χ1) is 15.2. The van der Waals surface area contributed by atoms with E-state index in [2.05, 4.69) is 10.1 Å². The van der Waals surface area contributed by atoms with E-state index in [4.69, 9.17) is 25.5 Å². The SMILES string of the molecule is COC(=O)Cc1c(C)c2ccc(OCC(=O)Nc3ccc(OC)c(Cl)c3)c(C)c2oc1=O. The molecule has 3 aromatic rings. The summed E-state index contributed by atoms with van der Waals surface area (Å²) >= 11 is 6.07. The number of aryl methyl sites for hydroxylation is 2. The summed E-state index contributed by atoms with van der Waals surface area (Å²) < 4.78 is 20.8. The van der Waals surface area contributed by atoms with Crippen molar-refractivity contribution in [2.75, 3.05) is 26.1 Å². The molecule has 0 bridgehead atoms. The second-order valence-corrected chi connectivity index (χ2v) is 7.40. The molecule has 3 rings (SSSR count). The Labute approximate surface area is 189 Å². The Bertz CT molecular complexity index is 1250. The van der Waals surface area contributed by atoms with Gasteiger partial charge in [-0.05, 0) is 49.7 Å². The first kappa shape index (κ1) is 23.1. The highest BCUT2D eigenvalue weighted by molar-refractivity contribution is 6.32. The lowest BCUT2D eigenvalue weighted by Gasteiger charge is -2.13. The quantitative estimate of drug-likeness (QED) is 0.423. The maximum atomic E-state index is 12.4. The van der Waals surface area contributed by atoms with E-state index in [1.807, 2.05) is 0 Å². The molecular weight excluding hydrogens is 438 g/mol. The predicted octanol–water partition coefficient (Wildman–Crippen LogP) is 3.80. The van der Waals surface area contributed by atoms with Gasteiger partial charge in [0.15, 0.2) is 6.61 Å². The number of anilines is 1. The van der Waals surface area contributed by atoms with Gasteiger partial charge in [0, 0.05) is 16.6 Å². The van der Waals surface area contributed by atoms with Gasteiger partial charge in [-0.2, -0.15) is 0 Å². The first-order valence-corrected chi connectivity index (χ1v) is 10.0. The van der Waals surface area contributed by atoms with E-state index in [9.17, 15) is 14.4 Å². The number of hydrogen-bond donors (Lipinski definition) is 1. The Morgan fingerprint density at radius 1 is 1.06 bits per heavy atom. The molecule has 1 amide bonds. The molecule has 0 fully saturated rings. The number of fused-ring (bicyclic) bond motifs is 1. The van der Waals surface area contributed by atoms with Crippen LogP contribution >= 0.6 is 11.6 Å². The van der Waals surface area contributed by atoms with Crippen LogP contribution < -0.4 is 20.4 Å². The van der Waals surface area contributed by atoms with Crippen LogP contribution in [0.3, 0.4) is 0 Å². The second kappa shape index (κ2) is 9.74. The number of esters is 1. The van der Waals surface area contributed by atoms with Crippen LogP contribution in [-0.2, 0) is 20.7 Å². The minimum atomic E-state index is -0.616. The number of halogens is 1. The fourth-order valence-corrected chi connectivity index (χ4v) is 3.49. The van der Waals surface area contributed by atoms with Crippen molar-refractivity contribution in [2.45, 2.75) is 20.3 Å². The van der Waals surface area contributed by atoms with Crippen molar-refractivity contribution >= 4 is 40.1 Å². The van der Waals surface area contributed by atoms with Crippen LogP contribution in [-0.4, -0.2) is 32.7 Å². The number of hydrogen-bond acceptors (Lipinski definition) is 7. The molecule has 0 atom stereocenters. The standard InChI is InChI=1S/C23H22ClNO7/c1-12-15-6-8-18(13(2)22(15)32-23(28)16(12)10-21(27)30-4)31-11-20(26)25-14-5-7-19(29-3)17(24)9-14/h5-9H,10-11H2,1-4H3,(H,25,26). The molecule has 0 saturated carbocycles. The molecule has 0 aliphatic rings. The van der Waals surface area contributed by atoms with Gasteiger partial charge in [-0.15, -0.1) is 0 Å². The fourth-order valence-electron chi connectivity index (χ4n) is 3.23. The van der Waals surface area contributed by atoms with E-state index < -0.39 is 17.5 Å². The van der Waals surface area contributed by atoms with E-state index in [1.54, 1.807) is 44.2 Å². The average Bonchev–Trinajstić information content (AvgIpc) is 2.76. The van der Waals surface area contributed by atoms with Gasteiger partial charge in [0.25, 0.3) is 5.91 Å². The Morgan fingerprint density at radius 3 is 2.44 bits per heavy atom. The summed E-state index contributed by atoms with van der Waals surface area (Å²) in [5, 5.41) is 3.73. The van der Waals surface area contributed by atoms with Crippen LogP contribution in [0.5, 0.6) is 11.5 Å². The molecule has 0 aliphatic carbocycles. The maximum absolute atomic E-state index is 12.4. The molecule has 9 heteroatoms. The van der Waals surface area contributed by atoms with E-state index in [1.165, 1.54) is 14.2 Å².